The maximum Gasteiger partial charge on any atom is 0.290 e. The van der Waals surface area contributed by atoms with Crippen LogP contribution in [-0.4, -0.2) is 22.8 Å². The van der Waals surface area contributed by atoms with Crippen molar-refractivity contribution in [2.45, 2.75) is 38.7 Å². The van der Waals surface area contributed by atoms with Crippen molar-refractivity contribution < 1.29 is 15.0 Å². The Labute approximate surface area is 67.0 Å². The molecule has 0 aromatic rings. The molecule has 3 nitrogen and oxygen atoms in total. The normalized spacial score (nSPS) is 28.9. The summed E-state index contributed by atoms with van der Waals surface area (Å²) in [5.41, 5.74) is 0. The van der Waals surface area contributed by atoms with Crippen LogP contribution in [-0.2, 0) is 4.79 Å². The maximum atomic E-state index is 9.03. The van der Waals surface area contributed by atoms with Gasteiger partial charge in [-0.1, -0.05) is 13.3 Å². The largest absolute Gasteiger partial charge is 0.483 e. The van der Waals surface area contributed by atoms with E-state index in [0.29, 0.717) is 0 Å². The molecule has 2 unspecified atom stereocenters. The number of hydrogen-bond acceptors (Lipinski definition) is 2. The van der Waals surface area contributed by atoms with E-state index in [0.717, 1.165) is 18.8 Å². The van der Waals surface area contributed by atoms with Crippen LogP contribution < -0.4 is 0 Å². The van der Waals surface area contributed by atoms with Gasteiger partial charge in [0.25, 0.3) is 6.47 Å². The molecule has 2 N–H and O–H groups in total. The number of rotatable bonds is 1. The zero-order valence-corrected chi connectivity index (χ0v) is 6.86. The molecular formula is C8H16O3. The lowest BCUT2D eigenvalue weighted by Crippen LogP contribution is -1.98. The Hall–Kier alpha value is -0.570. The van der Waals surface area contributed by atoms with E-state index in [1.807, 2.05) is 0 Å². The van der Waals surface area contributed by atoms with Crippen LogP contribution in [0.5, 0.6) is 0 Å². The Kier molecular flexibility index (Phi) is 5.84. The van der Waals surface area contributed by atoms with Crippen LogP contribution in [0.2, 0.25) is 0 Å². The van der Waals surface area contributed by atoms with Crippen LogP contribution >= 0.6 is 0 Å². The summed E-state index contributed by atoms with van der Waals surface area (Å²) in [5.74, 6) is 0.824. The zero-order valence-electron chi connectivity index (χ0n) is 6.86. The molecule has 11 heavy (non-hydrogen) atoms. The summed E-state index contributed by atoms with van der Waals surface area (Å²) in [5, 5.41) is 15.9. The van der Waals surface area contributed by atoms with Gasteiger partial charge in [-0.15, -0.1) is 0 Å². The number of carbonyl (C=O) groups is 1. The third kappa shape index (κ3) is 4.79. The first-order valence-corrected chi connectivity index (χ1v) is 4.00. The topological polar surface area (TPSA) is 57.5 Å². The molecule has 0 aromatic carbocycles. The van der Waals surface area contributed by atoms with E-state index < -0.39 is 0 Å². The van der Waals surface area contributed by atoms with Gasteiger partial charge in [0.1, 0.15) is 0 Å². The molecule has 0 amide bonds. The molecule has 0 saturated heterocycles. The molecule has 0 heterocycles. The van der Waals surface area contributed by atoms with Gasteiger partial charge in [0.15, 0.2) is 0 Å². The van der Waals surface area contributed by atoms with Crippen LogP contribution in [0.25, 0.3) is 0 Å². The predicted octanol–water partition coefficient (Wildman–Crippen LogP) is 1.26. The van der Waals surface area contributed by atoms with Crippen LogP contribution in [0.1, 0.15) is 32.6 Å². The third-order valence-corrected chi connectivity index (χ3v) is 2.09. The standard InChI is InChI=1S/C7H14O.CH2O2/c1-2-6-3-4-7(8)5-6;2-1-3/h6-8H,2-5H2,1H3;1H,(H,2,3). The molecule has 0 bridgehead atoms. The summed E-state index contributed by atoms with van der Waals surface area (Å²) in [6.07, 6.45) is 4.61. The van der Waals surface area contributed by atoms with Gasteiger partial charge in [0.05, 0.1) is 6.10 Å². The molecule has 1 aliphatic rings. The van der Waals surface area contributed by atoms with Crippen molar-refractivity contribution in [3.63, 3.8) is 0 Å². The Morgan fingerprint density at radius 1 is 1.55 bits per heavy atom. The summed E-state index contributed by atoms with van der Waals surface area (Å²) < 4.78 is 0. The molecule has 1 fully saturated rings. The summed E-state index contributed by atoms with van der Waals surface area (Å²) in [6.45, 7) is 1.95. The first-order chi connectivity index (χ1) is 5.24. The minimum atomic E-state index is -0.250. The van der Waals surface area contributed by atoms with E-state index in [9.17, 15) is 0 Å². The highest BCUT2D eigenvalue weighted by Gasteiger charge is 2.20. The molecule has 3 heteroatoms. The smallest absolute Gasteiger partial charge is 0.290 e. The molecule has 0 spiro atoms. The minimum absolute atomic E-state index is 0.0277. The second-order valence-electron chi connectivity index (χ2n) is 2.85. The Balaban J connectivity index is 0.000000292. The van der Waals surface area contributed by atoms with Crippen LogP contribution in [0.15, 0.2) is 0 Å². The van der Waals surface area contributed by atoms with Crippen molar-refractivity contribution in [2.24, 2.45) is 5.92 Å². The van der Waals surface area contributed by atoms with Crippen molar-refractivity contribution in [1.82, 2.24) is 0 Å². The fourth-order valence-corrected chi connectivity index (χ4v) is 1.42. The molecule has 1 aliphatic carbocycles. The van der Waals surface area contributed by atoms with Gasteiger partial charge in [0.2, 0.25) is 0 Å². The van der Waals surface area contributed by atoms with Crippen molar-refractivity contribution >= 4 is 6.47 Å². The molecule has 1 rings (SSSR count). The number of aliphatic hydroxyl groups excluding tert-OH is 1. The van der Waals surface area contributed by atoms with Crippen LogP contribution in [0.3, 0.4) is 0 Å². The van der Waals surface area contributed by atoms with Gasteiger partial charge < -0.3 is 10.2 Å². The number of aliphatic hydroxyl groups is 1. The van der Waals surface area contributed by atoms with Crippen molar-refractivity contribution in [3.8, 4) is 0 Å². The highest BCUT2D eigenvalue weighted by molar-refractivity contribution is 5.32. The first kappa shape index (κ1) is 10.4. The highest BCUT2D eigenvalue weighted by atomic mass is 16.3. The SMILES string of the molecule is CCC1CCC(O)C1.O=CO. The van der Waals surface area contributed by atoms with E-state index in [2.05, 4.69) is 6.92 Å². The van der Waals surface area contributed by atoms with E-state index in [1.165, 1.54) is 12.8 Å². The monoisotopic (exact) mass is 160 g/mol. The minimum Gasteiger partial charge on any atom is -0.483 e. The quantitative estimate of drug-likeness (QED) is 0.568. The van der Waals surface area contributed by atoms with E-state index in [-0.39, 0.29) is 12.6 Å². The second kappa shape index (κ2) is 6.16. The molecular weight excluding hydrogens is 144 g/mol. The molecule has 0 aromatic heterocycles. The maximum absolute atomic E-state index is 9.03. The van der Waals surface area contributed by atoms with E-state index in [4.69, 9.17) is 15.0 Å². The van der Waals surface area contributed by atoms with Gasteiger partial charge in [-0.05, 0) is 25.2 Å². The van der Waals surface area contributed by atoms with Crippen LogP contribution in [0.4, 0.5) is 0 Å². The molecule has 1 saturated carbocycles. The molecule has 2 atom stereocenters. The number of carboxylic acid groups (broad SMARTS) is 1. The highest BCUT2D eigenvalue weighted by Crippen LogP contribution is 2.27. The average Bonchev–Trinajstić information content (AvgIpc) is 2.37. The van der Waals surface area contributed by atoms with Gasteiger partial charge in [-0.3, -0.25) is 4.79 Å². The summed E-state index contributed by atoms with van der Waals surface area (Å²) in [6, 6.07) is 0. The average molecular weight is 160 g/mol. The van der Waals surface area contributed by atoms with Crippen molar-refractivity contribution in [3.05, 3.63) is 0 Å². The summed E-state index contributed by atoms with van der Waals surface area (Å²) in [4.78, 5) is 8.36. The number of hydrogen-bond donors (Lipinski definition) is 2. The fraction of sp³-hybridized carbons (Fsp3) is 0.875. The lowest BCUT2D eigenvalue weighted by atomic mass is 10.1. The second-order valence-corrected chi connectivity index (χ2v) is 2.85. The zero-order chi connectivity index (χ0) is 8.69. The molecule has 0 radical (unpaired) electrons. The van der Waals surface area contributed by atoms with E-state index >= 15 is 0 Å². The Morgan fingerprint density at radius 2 is 2.09 bits per heavy atom. The summed E-state index contributed by atoms with van der Waals surface area (Å²) in [7, 11) is 0. The van der Waals surface area contributed by atoms with Gasteiger partial charge >= 0.3 is 0 Å². The van der Waals surface area contributed by atoms with Crippen molar-refractivity contribution in [1.29, 1.82) is 0 Å². The lowest BCUT2D eigenvalue weighted by Gasteiger charge is -2.01. The van der Waals surface area contributed by atoms with Crippen LogP contribution in [0, 0.1) is 5.92 Å². The lowest BCUT2D eigenvalue weighted by molar-refractivity contribution is -0.122. The Bertz CT molecular complexity index is 104. The van der Waals surface area contributed by atoms with Gasteiger partial charge in [-0.25, -0.2) is 0 Å². The first-order valence-electron chi connectivity index (χ1n) is 4.00. The molecule has 66 valence electrons. The predicted molar refractivity (Wildman–Crippen MR) is 42.3 cm³/mol. The van der Waals surface area contributed by atoms with Crippen molar-refractivity contribution in [2.75, 3.05) is 0 Å². The Morgan fingerprint density at radius 3 is 2.27 bits per heavy atom. The third-order valence-electron chi connectivity index (χ3n) is 2.09. The molecule has 0 aliphatic heterocycles. The van der Waals surface area contributed by atoms with Gasteiger partial charge in [0, 0.05) is 0 Å². The van der Waals surface area contributed by atoms with E-state index in [1.54, 1.807) is 0 Å². The fourth-order valence-electron chi connectivity index (χ4n) is 1.42. The van der Waals surface area contributed by atoms with Gasteiger partial charge in [-0.2, -0.15) is 0 Å². The summed E-state index contributed by atoms with van der Waals surface area (Å²) >= 11 is 0.